The summed E-state index contributed by atoms with van der Waals surface area (Å²) in [5.74, 6) is 0.486. The second-order valence-corrected chi connectivity index (χ2v) is 7.13. The first kappa shape index (κ1) is 16.8. The molecular weight excluding hydrogens is 410 g/mol. The molecular formula is C16H12BrN3O2S2. The van der Waals surface area contributed by atoms with E-state index in [2.05, 4.69) is 31.5 Å². The Bertz CT molecular complexity index is 927. The predicted molar refractivity (Wildman–Crippen MR) is 104 cm³/mol. The molecule has 0 spiro atoms. The molecule has 3 aromatic rings. The van der Waals surface area contributed by atoms with Crippen molar-refractivity contribution in [1.82, 2.24) is 10.3 Å². The minimum absolute atomic E-state index is 0.200. The number of rotatable bonds is 3. The molecule has 0 saturated heterocycles. The Labute approximate surface area is 156 Å². The molecule has 122 valence electrons. The summed E-state index contributed by atoms with van der Waals surface area (Å²) in [5.41, 5.74) is 1.35. The molecule has 0 atom stereocenters. The van der Waals surface area contributed by atoms with E-state index in [4.69, 9.17) is 17.0 Å². The molecule has 2 N–H and O–H groups in total. The predicted octanol–water partition coefficient (Wildman–Crippen LogP) is 4.19. The molecule has 0 radical (unpaired) electrons. The molecule has 1 heterocycles. The fraction of sp³-hybridized carbons (Fsp3) is 0.0625. The first-order valence-electron chi connectivity index (χ1n) is 6.87. The van der Waals surface area contributed by atoms with Crippen molar-refractivity contribution in [2.24, 2.45) is 0 Å². The molecule has 0 bridgehead atoms. The number of hydrogen-bond acceptors (Lipinski definition) is 5. The van der Waals surface area contributed by atoms with Gasteiger partial charge in [-0.2, -0.15) is 0 Å². The van der Waals surface area contributed by atoms with Crippen LogP contribution in [-0.2, 0) is 0 Å². The number of nitrogens with one attached hydrogen (secondary N) is 2. The molecule has 8 heteroatoms. The highest BCUT2D eigenvalue weighted by Gasteiger charge is 2.10. The van der Waals surface area contributed by atoms with Crippen LogP contribution in [0.4, 0.5) is 5.13 Å². The molecule has 0 aliphatic heterocycles. The number of carbonyl (C=O) groups excluding carboxylic acids is 1. The third-order valence-electron chi connectivity index (χ3n) is 3.13. The molecule has 0 saturated carbocycles. The smallest absolute Gasteiger partial charge is 0.257 e. The number of halogens is 1. The van der Waals surface area contributed by atoms with Gasteiger partial charge in [0.05, 0.1) is 17.3 Å². The number of thiazole rings is 1. The van der Waals surface area contributed by atoms with E-state index < -0.39 is 0 Å². The lowest BCUT2D eigenvalue weighted by Crippen LogP contribution is -2.34. The zero-order valence-corrected chi connectivity index (χ0v) is 15.7. The van der Waals surface area contributed by atoms with E-state index in [1.54, 1.807) is 25.3 Å². The number of anilines is 1. The maximum atomic E-state index is 12.2. The van der Waals surface area contributed by atoms with Crippen LogP contribution in [0.15, 0.2) is 46.9 Å². The zero-order chi connectivity index (χ0) is 17.1. The summed E-state index contributed by atoms with van der Waals surface area (Å²) >= 11 is 9.95. The van der Waals surface area contributed by atoms with Gasteiger partial charge in [0.25, 0.3) is 5.91 Å². The summed E-state index contributed by atoms with van der Waals surface area (Å²) in [6, 6.07) is 12.7. The van der Waals surface area contributed by atoms with E-state index in [1.807, 2.05) is 24.3 Å². The van der Waals surface area contributed by atoms with Gasteiger partial charge in [-0.3, -0.25) is 10.1 Å². The molecule has 0 aliphatic rings. The minimum Gasteiger partial charge on any atom is -0.497 e. The molecule has 5 nitrogen and oxygen atoms in total. The van der Waals surface area contributed by atoms with Crippen molar-refractivity contribution < 1.29 is 9.53 Å². The number of hydrogen-bond donors (Lipinski definition) is 2. The molecule has 0 fully saturated rings. The molecule has 1 amide bonds. The van der Waals surface area contributed by atoms with Crippen LogP contribution >= 0.6 is 39.5 Å². The van der Waals surface area contributed by atoms with Crippen molar-refractivity contribution in [3.05, 3.63) is 52.5 Å². The normalized spacial score (nSPS) is 10.4. The van der Waals surface area contributed by atoms with E-state index in [9.17, 15) is 4.79 Å². The van der Waals surface area contributed by atoms with Gasteiger partial charge in [0, 0.05) is 10.0 Å². The Balaban J connectivity index is 1.69. The van der Waals surface area contributed by atoms with Gasteiger partial charge < -0.3 is 10.1 Å². The maximum absolute atomic E-state index is 12.2. The Morgan fingerprint density at radius 1 is 1.29 bits per heavy atom. The highest BCUT2D eigenvalue weighted by atomic mass is 79.9. The summed E-state index contributed by atoms with van der Waals surface area (Å²) in [6.07, 6.45) is 0. The van der Waals surface area contributed by atoms with E-state index >= 15 is 0 Å². The molecule has 1 aromatic heterocycles. The molecule has 0 unspecified atom stereocenters. The highest BCUT2D eigenvalue weighted by molar-refractivity contribution is 9.10. The summed E-state index contributed by atoms with van der Waals surface area (Å²) in [5, 5.41) is 6.39. The maximum Gasteiger partial charge on any atom is 0.257 e. The van der Waals surface area contributed by atoms with Gasteiger partial charge in [0.1, 0.15) is 5.75 Å². The zero-order valence-electron chi connectivity index (χ0n) is 12.5. The number of nitrogens with zero attached hydrogens (tertiary/aromatic N) is 1. The van der Waals surface area contributed by atoms with E-state index in [1.165, 1.54) is 11.3 Å². The van der Waals surface area contributed by atoms with Crippen LogP contribution in [0.5, 0.6) is 5.75 Å². The number of fused-ring (bicyclic) bond motifs is 1. The molecule has 2 aromatic carbocycles. The van der Waals surface area contributed by atoms with Gasteiger partial charge in [-0.15, -0.1) is 0 Å². The number of aromatic nitrogens is 1. The van der Waals surface area contributed by atoms with Gasteiger partial charge in [-0.05, 0) is 48.6 Å². The average molecular weight is 422 g/mol. The van der Waals surface area contributed by atoms with Gasteiger partial charge in [0.15, 0.2) is 10.2 Å². The van der Waals surface area contributed by atoms with Crippen LogP contribution in [0.1, 0.15) is 10.4 Å². The van der Waals surface area contributed by atoms with Gasteiger partial charge in [-0.1, -0.05) is 33.3 Å². The Morgan fingerprint density at radius 3 is 2.88 bits per heavy atom. The Hall–Kier alpha value is -2.03. The number of benzene rings is 2. The number of amides is 1. The lowest BCUT2D eigenvalue weighted by molar-refractivity contribution is 0.0977. The van der Waals surface area contributed by atoms with Gasteiger partial charge >= 0.3 is 0 Å². The largest absolute Gasteiger partial charge is 0.497 e. The van der Waals surface area contributed by atoms with Crippen LogP contribution in [0.25, 0.3) is 10.2 Å². The third-order valence-corrected chi connectivity index (χ3v) is 4.76. The second kappa shape index (κ2) is 7.25. The van der Waals surface area contributed by atoms with Crippen LogP contribution in [-0.4, -0.2) is 23.1 Å². The van der Waals surface area contributed by atoms with Crippen molar-refractivity contribution in [3.63, 3.8) is 0 Å². The number of thiocarbonyl (C=S) groups is 1. The topological polar surface area (TPSA) is 63.2 Å². The number of methoxy groups -OCH3 is 1. The van der Waals surface area contributed by atoms with Crippen molar-refractivity contribution in [1.29, 1.82) is 0 Å². The summed E-state index contributed by atoms with van der Waals surface area (Å²) in [7, 11) is 1.62. The van der Waals surface area contributed by atoms with Crippen molar-refractivity contribution in [2.45, 2.75) is 0 Å². The Morgan fingerprint density at radius 2 is 2.12 bits per heavy atom. The number of ether oxygens (including phenoxy) is 1. The van der Waals surface area contributed by atoms with E-state index in [0.717, 1.165) is 20.4 Å². The summed E-state index contributed by atoms with van der Waals surface area (Å²) in [4.78, 5) is 16.6. The highest BCUT2D eigenvalue weighted by Crippen LogP contribution is 2.29. The van der Waals surface area contributed by atoms with Crippen LogP contribution in [0.2, 0.25) is 0 Å². The average Bonchev–Trinajstić information content (AvgIpc) is 2.95. The van der Waals surface area contributed by atoms with Crippen molar-refractivity contribution in [2.75, 3.05) is 12.4 Å². The van der Waals surface area contributed by atoms with Crippen LogP contribution < -0.4 is 15.4 Å². The fourth-order valence-electron chi connectivity index (χ4n) is 2.02. The SMILES string of the molecule is COc1ccc2nc(NC(=S)NC(=O)c3cccc(Br)c3)sc2c1. The van der Waals surface area contributed by atoms with Gasteiger partial charge in [0.2, 0.25) is 0 Å². The fourth-order valence-corrected chi connectivity index (χ4v) is 3.57. The standard InChI is InChI=1S/C16H12BrN3O2S2/c1-22-11-5-6-12-13(8-11)24-16(18-12)20-15(23)19-14(21)9-3-2-4-10(17)7-9/h2-8H,1H3,(H2,18,19,20,21,23). The van der Waals surface area contributed by atoms with E-state index in [-0.39, 0.29) is 11.0 Å². The third kappa shape index (κ3) is 3.89. The van der Waals surface area contributed by atoms with Crippen molar-refractivity contribution in [3.8, 4) is 5.75 Å². The lowest BCUT2D eigenvalue weighted by atomic mass is 10.2. The number of carbonyl (C=O) groups is 1. The quantitative estimate of drug-likeness (QED) is 0.620. The van der Waals surface area contributed by atoms with Crippen LogP contribution in [0, 0.1) is 0 Å². The molecule has 24 heavy (non-hydrogen) atoms. The van der Waals surface area contributed by atoms with Crippen LogP contribution in [0.3, 0.4) is 0 Å². The molecule has 0 aliphatic carbocycles. The van der Waals surface area contributed by atoms with E-state index in [0.29, 0.717) is 10.7 Å². The monoisotopic (exact) mass is 421 g/mol. The molecule has 3 rings (SSSR count). The lowest BCUT2D eigenvalue weighted by Gasteiger charge is -2.07. The summed E-state index contributed by atoms with van der Waals surface area (Å²) < 4.78 is 6.99. The second-order valence-electron chi connectivity index (χ2n) is 4.77. The van der Waals surface area contributed by atoms with Gasteiger partial charge in [-0.25, -0.2) is 4.98 Å². The first-order chi connectivity index (χ1) is 11.5. The van der Waals surface area contributed by atoms with Crippen molar-refractivity contribution >= 4 is 65.9 Å². The Kier molecular flexibility index (Phi) is 5.08. The first-order valence-corrected chi connectivity index (χ1v) is 8.89. The minimum atomic E-state index is -0.281. The summed E-state index contributed by atoms with van der Waals surface area (Å²) in [6.45, 7) is 0.